The van der Waals surface area contributed by atoms with E-state index in [9.17, 15) is 8.78 Å². The van der Waals surface area contributed by atoms with E-state index in [1.165, 1.54) is 0 Å². The Morgan fingerprint density at radius 3 is 2.90 bits per heavy atom. The number of rotatable bonds is 3. The number of anilines is 1. The molecule has 1 N–H and O–H groups in total. The summed E-state index contributed by atoms with van der Waals surface area (Å²) in [5, 5.41) is 11.1. The van der Waals surface area contributed by atoms with Gasteiger partial charge in [0.05, 0.1) is 17.3 Å². The van der Waals surface area contributed by atoms with E-state index >= 15 is 0 Å². The van der Waals surface area contributed by atoms with Crippen molar-refractivity contribution < 1.29 is 8.78 Å². The van der Waals surface area contributed by atoms with Crippen LogP contribution in [0.5, 0.6) is 0 Å². The topological polar surface area (TPSA) is 42.7 Å². The molecule has 3 rings (SSSR count). The largest absolute Gasteiger partial charge is 0.374 e. The summed E-state index contributed by atoms with van der Waals surface area (Å²) in [5.41, 5.74) is 0.0845. The Bertz CT molecular complexity index is 618. The number of fused-ring (bicyclic) bond motifs is 1. The highest BCUT2D eigenvalue weighted by atomic mass is 35.5. The van der Waals surface area contributed by atoms with Crippen LogP contribution < -0.4 is 5.32 Å². The lowest BCUT2D eigenvalue weighted by Gasteiger charge is -2.15. The number of nitrogens with zero attached hydrogens (tertiary/aromatic N) is 3. The van der Waals surface area contributed by atoms with E-state index in [-0.39, 0.29) is 10.7 Å². The maximum atomic E-state index is 13.6. The van der Waals surface area contributed by atoms with E-state index in [2.05, 4.69) is 15.5 Å². The van der Waals surface area contributed by atoms with Gasteiger partial charge < -0.3 is 9.88 Å². The molecule has 7 heteroatoms. The molecule has 0 saturated carbocycles. The van der Waals surface area contributed by atoms with Gasteiger partial charge in [-0.3, -0.25) is 0 Å². The highest BCUT2D eigenvalue weighted by molar-refractivity contribution is 6.33. The molecular weight excluding hydrogens is 286 g/mol. The van der Waals surface area contributed by atoms with Gasteiger partial charge in [0.25, 0.3) is 0 Å². The van der Waals surface area contributed by atoms with Gasteiger partial charge in [-0.25, -0.2) is 8.78 Å². The standard InChI is InChI=1S/C13H13ClF2N4/c14-9-5-8(15)6-10(16)13(9)17-7-12-19-18-11-3-1-2-4-20(11)12/h5-6,17H,1-4,7H2. The molecule has 2 heterocycles. The number of hydrogen-bond donors (Lipinski definition) is 1. The Morgan fingerprint density at radius 1 is 1.25 bits per heavy atom. The Labute approximate surface area is 119 Å². The van der Waals surface area contributed by atoms with Crippen molar-refractivity contribution in [2.45, 2.75) is 32.4 Å². The normalized spacial score (nSPS) is 14.2. The van der Waals surface area contributed by atoms with Gasteiger partial charge in [-0.2, -0.15) is 0 Å². The molecule has 106 valence electrons. The Morgan fingerprint density at radius 2 is 2.10 bits per heavy atom. The molecule has 0 amide bonds. The van der Waals surface area contributed by atoms with Crippen LogP contribution in [0.15, 0.2) is 12.1 Å². The molecule has 1 aliphatic rings. The Hall–Kier alpha value is -1.69. The van der Waals surface area contributed by atoms with Gasteiger partial charge in [0.1, 0.15) is 11.6 Å². The summed E-state index contributed by atoms with van der Waals surface area (Å²) in [6.07, 6.45) is 3.12. The SMILES string of the molecule is Fc1cc(F)c(NCc2nnc3n2CCCC3)c(Cl)c1. The number of nitrogens with one attached hydrogen (secondary N) is 1. The first-order chi connectivity index (χ1) is 9.65. The zero-order chi connectivity index (χ0) is 14.1. The number of aromatic nitrogens is 3. The van der Waals surface area contributed by atoms with Gasteiger partial charge in [0.15, 0.2) is 11.6 Å². The van der Waals surface area contributed by atoms with Crippen LogP contribution >= 0.6 is 11.6 Å². The van der Waals surface area contributed by atoms with Gasteiger partial charge in [-0.15, -0.1) is 10.2 Å². The lowest BCUT2D eigenvalue weighted by atomic mass is 10.2. The zero-order valence-electron chi connectivity index (χ0n) is 10.7. The van der Waals surface area contributed by atoms with Crippen LogP contribution in [0.4, 0.5) is 14.5 Å². The fraction of sp³-hybridized carbons (Fsp3) is 0.385. The highest BCUT2D eigenvalue weighted by Crippen LogP contribution is 2.27. The van der Waals surface area contributed by atoms with E-state index < -0.39 is 11.6 Å². The first kappa shape index (κ1) is 13.3. The van der Waals surface area contributed by atoms with Gasteiger partial charge in [0.2, 0.25) is 0 Å². The van der Waals surface area contributed by atoms with Crippen LogP contribution in [-0.2, 0) is 19.5 Å². The van der Waals surface area contributed by atoms with Gasteiger partial charge in [-0.05, 0) is 18.9 Å². The summed E-state index contributed by atoms with van der Waals surface area (Å²) in [4.78, 5) is 0. The average molecular weight is 299 g/mol. The number of halogens is 3. The molecule has 0 bridgehead atoms. The van der Waals surface area contributed by atoms with Gasteiger partial charge >= 0.3 is 0 Å². The summed E-state index contributed by atoms with van der Waals surface area (Å²) >= 11 is 5.83. The minimum atomic E-state index is -0.714. The maximum Gasteiger partial charge on any atom is 0.152 e. The molecule has 4 nitrogen and oxygen atoms in total. The molecule has 0 atom stereocenters. The second kappa shape index (κ2) is 5.36. The monoisotopic (exact) mass is 298 g/mol. The van der Waals surface area contributed by atoms with E-state index in [4.69, 9.17) is 11.6 Å². The van der Waals surface area contributed by atoms with E-state index in [1.54, 1.807) is 0 Å². The predicted octanol–water partition coefficient (Wildman–Crippen LogP) is 3.16. The molecule has 1 aromatic heterocycles. The average Bonchev–Trinajstić information content (AvgIpc) is 2.81. The third-order valence-electron chi connectivity index (χ3n) is 3.37. The molecule has 0 unspecified atom stereocenters. The lowest BCUT2D eigenvalue weighted by molar-refractivity contribution is 0.509. The number of hydrogen-bond acceptors (Lipinski definition) is 3. The second-order valence-electron chi connectivity index (χ2n) is 4.74. The van der Waals surface area contributed by atoms with Gasteiger partial charge in [0, 0.05) is 19.0 Å². The van der Waals surface area contributed by atoms with Crippen LogP contribution in [0.25, 0.3) is 0 Å². The van der Waals surface area contributed by atoms with E-state index in [0.29, 0.717) is 6.54 Å². The third-order valence-corrected chi connectivity index (χ3v) is 3.66. The predicted molar refractivity (Wildman–Crippen MR) is 71.7 cm³/mol. The molecule has 0 saturated heterocycles. The quantitative estimate of drug-likeness (QED) is 0.946. The van der Waals surface area contributed by atoms with E-state index in [0.717, 1.165) is 49.6 Å². The first-order valence-electron chi connectivity index (χ1n) is 6.44. The molecule has 2 aromatic rings. The molecule has 0 aliphatic carbocycles. The lowest BCUT2D eigenvalue weighted by Crippen LogP contribution is -2.15. The Kier molecular flexibility index (Phi) is 3.56. The fourth-order valence-electron chi connectivity index (χ4n) is 2.38. The van der Waals surface area contributed by atoms with Crippen LogP contribution in [0.1, 0.15) is 24.5 Å². The minimum Gasteiger partial charge on any atom is -0.374 e. The van der Waals surface area contributed by atoms with Crippen molar-refractivity contribution in [1.82, 2.24) is 14.8 Å². The second-order valence-corrected chi connectivity index (χ2v) is 5.15. The summed E-state index contributed by atoms with van der Waals surface area (Å²) < 4.78 is 28.7. The van der Waals surface area contributed by atoms with Crippen molar-refractivity contribution >= 4 is 17.3 Å². The molecule has 0 fully saturated rings. The molecule has 0 radical (unpaired) electrons. The Balaban J connectivity index is 1.79. The molecule has 1 aliphatic heterocycles. The molecular formula is C13H13ClF2N4. The van der Waals surface area contributed by atoms with Crippen molar-refractivity contribution in [3.8, 4) is 0 Å². The van der Waals surface area contributed by atoms with Crippen molar-refractivity contribution in [2.24, 2.45) is 0 Å². The van der Waals surface area contributed by atoms with Crippen LogP contribution in [0.2, 0.25) is 5.02 Å². The summed E-state index contributed by atoms with van der Waals surface area (Å²) in [6, 6.07) is 1.87. The fourth-order valence-corrected chi connectivity index (χ4v) is 2.64. The highest BCUT2D eigenvalue weighted by Gasteiger charge is 2.16. The smallest absolute Gasteiger partial charge is 0.152 e. The van der Waals surface area contributed by atoms with Crippen molar-refractivity contribution in [2.75, 3.05) is 5.32 Å². The van der Waals surface area contributed by atoms with Crippen LogP contribution in [-0.4, -0.2) is 14.8 Å². The maximum absolute atomic E-state index is 13.6. The van der Waals surface area contributed by atoms with Crippen molar-refractivity contribution in [3.63, 3.8) is 0 Å². The van der Waals surface area contributed by atoms with Crippen LogP contribution in [0.3, 0.4) is 0 Å². The van der Waals surface area contributed by atoms with Crippen LogP contribution in [0, 0.1) is 11.6 Å². The molecule has 0 spiro atoms. The molecule has 20 heavy (non-hydrogen) atoms. The van der Waals surface area contributed by atoms with Crippen molar-refractivity contribution in [3.05, 3.63) is 40.4 Å². The molecule has 1 aromatic carbocycles. The summed E-state index contributed by atoms with van der Waals surface area (Å²) in [6.45, 7) is 1.17. The summed E-state index contributed by atoms with van der Waals surface area (Å²) in [5.74, 6) is 0.282. The number of benzene rings is 1. The number of aryl methyl sites for hydroxylation is 1. The zero-order valence-corrected chi connectivity index (χ0v) is 11.4. The van der Waals surface area contributed by atoms with E-state index in [1.807, 2.05) is 4.57 Å². The third kappa shape index (κ3) is 2.47. The van der Waals surface area contributed by atoms with Crippen molar-refractivity contribution in [1.29, 1.82) is 0 Å². The minimum absolute atomic E-state index is 0.0147. The first-order valence-corrected chi connectivity index (χ1v) is 6.82. The summed E-state index contributed by atoms with van der Waals surface area (Å²) in [7, 11) is 0. The van der Waals surface area contributed by atoms with Gasteiger partial charge in [-0.1, -0.05) is 11.6 Å².